The largest absolute Gasteiger partial charge is 0.733 e. The summed E-state index contributed by atoms with van der Waals surface area (Å²) in [4.78, 5) is 0. The highest BCUT2D eigenvalue weighted by atomic mass is 16.8. The molecule has 3 N–H and O–H groups in total. The minimum absolute atomic E-state index is 0.0168. The van der Waals surface area contributed by atoms with E-state index in [0.29, 0.717) is 5.69 Å². The standard InChI is InChI=1S/C10H11N4O2/c1-13-5-4-9(12-13)7-2-3-8(11)10(6-7)14(15)16/h2-6,15H,11H2,1H3/q-1. The van der Waals surface area contributed by atoms with Crippen molar-refractivity contribution in [2.45, 2.75) is 0 Å². The van der Waals surface area contributed by atoms with Gasteiger partial charge >= 0.3 is 0 Å². The monoisotopic (exact) mass is 219 g/mol. The molecule has 2 rings (SSSR count). The third kappa shape index (κ3) is 1.83. The molecule has 0 amide bonds. The first-order valence-electron chi connectivity index (χ1n) is 4.63. The highest BCUT2D eigenvalue weighted by Crippen LogP contribution is 2.27. The van der Waals surface area contributed by atoms with Gasteiger partial charge in [-0.1, -0.05) is 6.07 Å². The molecule has 2 aromatic rings. The molecule has 0 unspecified atom stereocenters. The minimum Gasteiger partial charge on any atom is -0.733 e. The summed E-state index contributed by atoms with van der Waals surface area (Å²) in [6, 6.07) is 6.59. The molecule has 0 spiro atoms. The summed E-state index contributed by atoms with van der Waals surface area (Å²) in [5.74, 6) is 0. The maximum Gasteiger partial charge on any atom is 0.0923 e. The summed E-state index contributed by atoms with van der Waals surface area (Å²) in [7, 11) is 1.80. The van der Waals surface area contributed by atoms with Crippen molar-refractivity contribution in [2.75, 3.05) is 11.0 Å². The lowest BCUT2D eigenvalue weighted by molar-refractivity contribution is 0.297. The van der Waals surface area contributed by atoms with E-state index >= 15 is 0 Å². The molecule has 6 nitrogen and oxygen atoms in total. The van der Waals surface area contributed by atoms with Crippen LogP contribution in [0.25, 0.3) is 11.3 Å². The number of aromatic nitrogens is 2. The van der Waals surface area contributed by atoms with Crippen molar-refractivity contribution in [3.05, 3.63) is 35.7 Å². The van der Waals surface area contributed by atoms with E-state index in [9.17, 15) is 5.21 Å². The smallest absolute Gasteiger partial charge is 0.0923 e. The summed E-state index contributed by atoms with van der Waals surface area (Å²) < 4.78 is 1.65. The van der Waals surface area contributed by atoms with Crippen LogP contribution in [0.15, 0.2) is 30.5 Å². The minimum atomic E-state index is -0.248. The van der Waals surface area contributed by atoms with Gasteiger partial charge in [-0.25, -0.2) is 0 Å². The van der Waals surface area contributed by atoms with Gasteiger partial charge in [0.15, 0.2) is 0 Å². The van der Waals surface area contributed by atoms with E-state index in [1.165, 1.54) is 6.07 Å². The summed E-state index contributed by atoms with van der Waals surface area (Å²) >= 11 is 0. The van der Waals surface area contributed by atoms with E-state index in [0.717, 1.165) is 5.56 Å². The second-order valence-electron chi connectivity index (χ2n) is 3.42. The first-order chi connectivity index (χ1) is 7.58. The third-order valence-corrected chi connectivity index (χ3v) is 2.25. The second kappa shape index (κ2) is 3.84. The topological polar surface area (TPSA) is 90.4 Å². The zero-order valence-corrected chi connectivity index (χ0v) is 8.66. The Morgan fingerprint density at radius 3 is 2.75 bits per heavy atom. The predicted molar refractivity (Wildman–Crippen MR) is 60.7 cm³/mol. The van der Waals surface area contributed by atoms with Crippen LogP contribution in [-0.2, 0) is 7.05 Å². The van der Waals surface area contributed by atoms with E-state index in [2.05, 4.69) is 5.10 Å². The van der Waals surface area contributed by atoms with Crippen LogP contribution in [0, 0.1) is 5.21 Å². The number of benzene rings is 1. The predicted octanol–water partition coefficient (Wildman–Crippen LogP) is 1.36. The van der Waals surface area contributed by atoms with Crippen LogP contribution in [-0.4, -0.2) is 15.0 Å². The molecule has 1 aromatic carbocycles. The molecule has 0 aliphatic heterocycles. The van der Waals surface area contributed by atoms with Gasteiger partial charge < -0.3 is 16.2 Å². The highest BCUT2D eigenvalue weighted by Gasteiger charge is 2.05. The molecular weight excluding hydrogens is 208 g/mol. The van der Waals surface area contributed by atoms with Crippen LogP contribution >= 0.6 is 0 Å². The molecule has 16 heavy (non-hydrogen) atoms. The number of nitrogens with two attached hydrogens (primary N) is 1. The molecule has 0 bridgehead atoms. The van der Waals surface area contributed by atoms with Crippen molar-refractivity contribution in [1.29, 1.82) is 0 Å². The highest BCUT2D eigenvalue weighted by molar-refractivity contribution is 5.74. The van der Waals surface area contributed by atoms with Crippen molar-refractivity contribution in [1.82, 2.24) is 9.78 Å². The Balaban J connectivity index is 2.47. The molecule has 0 saturated heterocycles. The quantitative estimate of drug-likeness (QED) is 0.588. The lowest BCUT2D eigenvalue weighted by Crippen LogP contribution is -2.09. The lowest BCUT2D eigenvalue weighted by atomic mass is 10.1. The van der Waals surface area contributed by atoms with E-state index < -0.39 is 0 Å². The zero-order valence-electron chi connectivity index (χ0n) is 8.66. The molecule has 1 heterocycles. The molecule has 6 heteroatoms. The molecule has 0 radical (unpaired) electrons. The summed E-state index contributed by atoms with van der Waals surface area (Å²) in [6.07, 6.45) is 1.79. The molecule has 0 atom stereocenters. The molecule has 84 valence electrons. The number of anilines is 2. The van der Waals surface area contributed by atoms with Gasteiger partial charge in [-0.2, -0.15) is 5.10 Å². The zero-order chi connectivity index (χ0) is 11.7. The van der Waals surface area contributed by atoms with Crippen LogP contribution in [0.2, 0.25) is 0 Å². The van der Waals surface area contributed by atoms with Gasteiger partial charge in [-0.15, -0.1) is 0 Å². The number of aryl methyl sites for hydroxylation is 1. The average Bonchev–Trinajstić information content (AvgIpc) is 2.65. The van der Waals surface area contributed by atoms with Gasteiger partial charge in [0.25, 0.3) is 0 Å². The fraction of sp³-hybridized carbons (Fsp3) is 0.100. The summed E-state index contributed by atoms with van der Waals surface area (Å²) in [6.45, 7) is 0. The second-order valence-corrected chi connectivity index (χ2v) is 3.42. The van der Waals surface area contributed by atoms with E-state index in [-0.39, 0.29) is 16.6 Å². The molecule has 0 aliphatic carbocycles. The van der Waals surface area contributed by atoms with Crippen LogP contribution in [0.1, 0.15) is 0 Å². The van der Waals surface area contributed by atoms with Gasteiger partial charge in [0.2, 0.25) is 0 Å². The maximum absolute atomic E-state index is 10.8. The fourth-order valence-corrected chi connectivity index (χ4v) is 1.44. The Morgan fingerprint density at radius 2 is 2.19 bits per heavy atom. The van der Waals surface area contributed by atoms with E-state index in [1.54, 1.807) is 30.1 Å². The number of hydrogen-bond acceptors (Lipinski definition) is 5. The number of hydrogen-bond donors (Lipinski definition) is 2. The first kappa shape index (κ1) is 10.5. The maximum atomic E-state index is 10.8. The Labute approximate surface area is 92.1 Å². The third-order valence-electron chi connectivity index (χ3n) is 2.25. The van der Waals surface area contributed by atoms with Crippen molar-refractivity contribution in [2.24, 2.45) is 7.05 Å². The van der Waals surface area contributed by atoms with Crippen molar-refractivity contribution in [3.63, 3.8) is 0 Å². The van der Waals surface area contributed by atoms with Crippen molar-refractivity contribution < 1.29 is 5.21 Å². The van der Waals surface area contributed by atoms with Gasteiger partial charge in [0.05, 0.1) is 17.1 Å². The fourth-order valence-electron chi connectivity index (χ4n) is 1.44. The lowest BCUT2D eigenvalue weighted by Gasteiger charge is -2.23. The SMILES string of the molecule is Cn1ccc(-c2ccc(N)c(N([O-])O)c2)n1. The Hall–Kier alpha value is -2.05. The Morgan fingerprint density at radius 1 is 1.44 bits per heavy atom. The Kier molecular flexibility index (Phi) is 2.51. The van der Waals surface area contributed by atoms with Crippen molar-refractivity contribution >= 4 is 11.4 Å². The van der Waals surface area contributed by atoms with Gasteiger partial charge in [-0.05, 0) is 18.2 Å². The van der Waals surface area contributed by atoms with Gasteiger partial charge in [-0.3, -0.25) is 9.89 Å². The van der Waals surface area contributed by atoms with E-state index in [1.807, 2.05) is 6.07 Å². The Bertz CT molecular complexity index is 507. The molecular formula is C10H11N4O2-. The molecule has 0 fully saturated rings. The first-order valence-corrected chi connectivity index (χ1v) is 4.63. The van der Waals surface area contributed by atoms with Crippen LogP contribution in [0.5, 0.6) is 0 Å². The van der Waals surface area contributed by atoms with Crippen LogP contribution in [0.3, 0.4) is 0 Å². The summed E-state index contributed by atoms with van der Waals surface area (Å²) in [5.41, 5.74) is 7.22. The van der Waals surface area contributed by atoms with E-state index in [4.69, 9.17) is 10.9 Å². The van der Waals surface area contributed by atoms with Gasteiger partial charge in [0, 0.05) is 18.8 Å². The van der Waals surface area contributed by atoms with Crippen LogP contribution in [0.4, 0.5) is 11.4 Å². The number of rotatable bonds is 2. The molecule has 1 aromatic heterocycles. The summed E-state index contributed by atoms with van der Waals surface area (Å²) in [5, 5.41) is 23.6. The molecule has 0 aliphatic rings. The number of nitrogens with zero attached hydrogens (tertiary/aromatic N) is 3. The van der Waals surface area contributed by atoms with Crippen LogP contribution < -0.4 is 11.0 Å². The van der Waals surface area contributed by atoms with Crippen molar-refractivity contribution in [3.8, 4) is 11.3 Å². The normalized spacial score (nSPS) is 10.4. The molecule has 0 saturated carbocycles. The number of nitrogen functional groups attached to an aromatic ring is 1. The average molecular weight is 219 g/mol. The van der Waals surface area contributed by atoms with Gasteiger partial charge in [0.1, 0.15) is 0 Å².